The van der Waals surface area contributed by atoms with Crippen LogP contribution in [0.3, 0.4) is 0 Å². The fraction of sp³-hybridized carbons (Fsp3) is 0.455. The van der Waals surface area contributed by atoms with Gasteiger partial charge in [-0.15, -0.1) is 12.4 Å². The van der Waals surface area contributed by atoms with Crippen molar-refractivity contribution >= 4 is 24.1 Å². The van der Waals surface area contributed by atoms with Crippen molar-refractivity contribution in [2.75, 3.05) is 4.90 Å². The van der Waals surface area contributed by atoms with Crippen LogP contribution in [0.25, 0.3) is 0 Å². The number of fused-ring (bicyclic) bond motifs is 1. The van der Waals surface area contributed by atoms with Gasteiger partial charge in [-0.25, -0.2) is 4.98 Å². The average Bonchev–Trinajstić information content (AvgIpc) is 2.38. The van der Waals surface area contributed by atoms with Crippen LogP contribution in [0.15, 0.2) is 18.3 Å². The van der Waals surface area contributed by atoms with Gasteiger partial charge in [-0.2, -0.15) is 0 Å². The molecule has 0 fully saturated rings. The lowest BCUT2D eigenvalue weighted by atomic mass is 10.1. The van der Waals surface area contributed by atoms with Gasteiger partial charge in [0.15, 0.2) is 0 Å². The van der Waals surface area contributed by atoms with Gasteiger partial charge in [-0.05, 0) is 26.8 Å². The summed E-state index contributed by atoms with van der Waals surface area (Å²) in [4.78, 5) is 17.8. The maximum absolute atomic E-state index is 11.8. The molecular formula is C11H15ClN2O. The normalized spacial score (nSPS) is 14.9. The summed E-state index contributed by atoms with van der Waals surface area (Å²) in [5.74, 6) is 0.969. The molecular weight excluding hydrogens is 212 g/mol. The summed E-state index contributed by atoms with van der Waals surface area (Å²) in [5.41, 5.74) is 0.851. The Hall–Kier alpha value is -1.09. The molecule has 0 aromatic carbocycles. The molecule has 4 heteroatoms. The van der Waals surface area contributed by atoms with E-state index in [-0.39, 0.29) is 23.9 Å². The fourth-order valence-electron chi connectivity index (χ4n) is 1.82. The summed E-state index contributed by atoms with van der Waals surface area (Å²) in [6.45, 7) is 6.07. The van der Waals surface area contributed by atoms with Crippen molar-refractivity contribution in [2.24, 2.45) is 0 Å². The van der Waals surface area contributed by atoms with Crippen molar-refractivity contribution in [3.8, 4) is 0 Å². The Labute approximate surface area is 95.9 Å². The third-order valence-corrected chi connectivity index (χ3v) is 2.34. The van der Waals surface area contributed by atoms with E-state index in [0.717, 1.165) is 11.4 Å². The summed E-state index contributed by atoms with van der Waals surface area (Å²) in [6.07, 6.45) is 2.22. The van der Waals surface area contributed by atoms with E-state index in [1.807, 2.05) is 32.9 Å². The quantitative estimate of drug-likeness (QED) is 0.680. The van der Waals surface area contributed by atoms with Gasteiger partial charge in [0.05, 0.1) is 6.42 Å². The SMILES string of the molecule is CC(C)(C)N1C(=O)Cc2cccnc21.Cl. The molecule has 0 N–H and O–H groups in total. The molecule has 3 nitrogen and oxygen atoms in total. The minimum atomic E-state index is -0.184. The summed E-state index contributed by atoms with van der Waals surface area (Å²) in [7, 11) is 0. The van der Waals surface area contributed by atoms with Gasteiger partial charge in [0.1, 0.15) is 5.82 Å². The van der Waals surface area contributed by atoms with E-state index in [9.17, 15) is 4.79 Å². The molecule has 1 aromatic heterocycles. The van der Waals surface area contributed by atoms with Crippen LogP contribution < -0.4 is 4.90 Å². The van der Waals surface area contributed by atoms with Crippen molar-refractivity contribution in [3.05, 3.63) is 23.9 Å². The van der Waals surface area contributed by atoms with Gasteiger partial charge in [-0.3, -0.25) is 9.69 Å². The zero-order valence-corrected chi connectivity index (χ0v) is 9.97. The number of carbonyl (C=O) groups is 1. The molecule has 0 radical (unpaired) electrons. The Morgan fingerprint density at radius 1 is 1.40 bits per heavy atom. The molecule has 1 aromatic rings. The van der Waals surface area contributed by atoms with Gasteiger partial charge in [0, 0.05) is 17.3 Å². The molecule has 0 saturated carbocycles. The highest BCUT2D eigenvalue weighted by Crippen LogP contribution is 2.31. The minimum absolute atomic E-state index is 0. The zero-order valence-electron chi connectivity index (χ0n) is 9.15. The predicted molar refractivity (Wildman–Crippen MR) is 62.4 cm³/mol. The number of aromatic nitrogens is 1. The molecule has 1 amide bonds. The molecule has 0 saturated heterocycles. The lowest BCUT2D eigenvalue weighted by molar-refractivity contribution is -0.118. The van der Waals surface area contributed by atoms with Gasteiger partial charge in [-0.1, -0.05) is 6.07 Å². The van der Waals surface area contributed by atoms with Gasteiger partial charge in [0.25, 0.3) is 0 Å². The van der Waals surface area contributed by atoms with E-state index in [0.29, 0.717) is 6.42 Å². The van der Waals surface area contributed by atoms with Crippen LogP contribution in [-0.4, -0.2) is 16.4 Å². The van der Waals surface area contributed by atoms with E-state index in [2.05, 4.69) is 4.98 Å². The highest BCUT2D eigenvalue weighted by molar-refractivity contribution is 6.01. The number of hydrogen-bond donors (Lipinski definition) is 0. The van der Waals surface area contributed by atoms with Crippen molar-refractivity contribution in [1.29, 1.82) is 0 Å². The van der Waals surface area contributed by atoms with Crippen LogP contribution in [0.2, 0.25) is 0 Å². The molecule has 0 aliphatic carbocycles. The zero-order chi connectivity index (χ0) is 10.3. The Bertz CT molecular complexity index is 384. The van der Waals surface area contributed by atoms with Crippen molar-refractivity contribution in [3.63, 3.8) is 0 Å². The Kier molecular flexibility index (Phi) is 3.05. The summed E-state index contributed by atoms with van der Waals surface area (Å²) in [6, 6.07) is 3.84. The van der Waals surface area contributed by atoms with Crippen LogP contribution in [0.1, 0.15) is 26.3 Å². The first kappa shape index (κ1) is 12.0. The third kappa shape index (κ3) is 1.97. The molecule has 82 valence electrons. The van der Waals surface area contributed by atoms with E-state index >= 15 is 0 Å². The van der Waals surface area contributed by atoms with Crippen molar-refractivity contribution in [1.82, 2.24) is 4.98 Å². The number of pyridine rings is 1. The monoisotopic (exact) mass is 226 g/mol. The molecule has 1 aliphatic rings. The number of anilines is 1. The number of halogens is 1. The fourth-order valence-corrected chi connectivity index (χ4v) is 1.82. The van der Waals surface area contributed by atoms with Gasteiger partial charge < -0.3 is 0 Å². The second-order valence-electron chi connectivity index (χ2n) is 4.56. The number of amides is 1. The van der Waals surface area contributed by atoms with Crippen LogP contribution in [0, 0.1) is 0 Å². The van der Waals surface area contributed by atoms with Crippen LogP contribution in [0.5, 0.6) is 0 Å². The summed E-state index contributed by atoms with van der Waals surface area (Å²) in [5, 5.41) is 0. The second kappa shape index (κ2) is 3.81. The van der Waals surface area contributed by atoms with E-state index in [1.165, 1.54) is 0 Å². The first-order chi connectivity index (χ1) is 6.50. The molecule has 15 heavy (non-hydrogen) atoms. The molecule has 0 unspecified atom stereocenters. The molecule has 1 aliphatic heterocycles. The van der Waals surface area contributed by atoms with E-state index in [4.69, 9.17) is 0 Å². The largest absolute Gasteiger partial charge is 0.291 e. The minimum Gasteiger partial charge on any atom is -0.291 e. The standard InChI is InChI=1S/C11H14N2O.ClH/c1-11(2,3)13-9(14)7-8-5-4-6-12-10(8)13;/h4-6H,7H2,1-3H3;1H. The van der Waals surface area contributed by atoms with Crippen molar-refractivity contribution < 1.29 is 4.79 Å². The number of hydrogen-bond acceptors (Lipinski definition) is 2. The first-order valence-electron chi connectivity index (χ1n) is 4.77. The van der Waals surface area contributed by atoms with Crippen LogP contribution in [-0.2, 0) is 11.2 Å². The summed E-state index contributed by atoms with van der Waals surface area (Å²) >= 11 is 0. The predicted octanol–water partition coefficient (Wildman–Crippen LogP) is 2.19. The molecule has 0 atom stereocenters. The van der Waals surface area contributed by atoms with E-state index < -0.39 is 0 Å². The molecule has 0 bridgehead atoms. The Morgan fingerprint density at radius 3 is 2.67 bits per heavy atom. The molecule has 0 spiro atoms. The van der Waals surface area contributed by atoms with Crippen LogP contribution in [0.4, 0.5) is 5.82 Å². The third-order valence-electron chi connectivity index (χ3n) is 2.34. The Morgan fingerprint density at radius 2 is 2.07 bits per heavy atom. The van der Waals surface area contributed by atoms with E-state index in [1.54, 1.807) is 11.1 Å². The molecule has 2 rings (SSSR count). The molecule has 2 heterocycles. The lowest BCUT2D eigenvalue weighted by Gasteiger charge is -2.31. The lowest BCUT2D eigenvalue weighted by Crippen LogP contribution is -2.43. The van der Waals surface area contributed by atoms with Crippen molar-refractivity contribution in [2.45, 2.75) is 32.7 Å². The maximum atomic E-state index is 11.8. The topological polar surface area (TPSA) is 33.2 Å². The smallest absolute Gasteiger partial charge is 0.233 e. The number of carbonyl (C=O) groups excluding carboxylic acids is 1. The highest BCUT2D eigenvalue weighted by atomic mass is 35.5. The number of rotatable bonds is 0. The van der Waals surface area contributed by atoms with Gasteiger partial charge >= 0.3 is 0 Å². The van der Waals surface area contributed by atoms with Crippen LogP contribution >= 0.6 is 12.4 Å². The average molecular weight is 227 g/mol. The highest BCUT2D eigenvalue weighted by Gasteiger charge is 2.35. The van der Waals surface area contributed by atoms with Gasteiger partial charge in [0.2, 0.25) is 5.91 Å². The maximum Gasteiger partial charge on any atom is 0.233 e. The Balaban J connectivity index is 0.00000112. The first-order valence-corrected chi connectivity index (χ1v) is 4.77. The second-order valence-corrected chi connectivity index (χ2v) is 4.56. The summed E-state index contributed by atoms with van der Waals surface area (Å²) < 4.78 is 0. The number of nitrogens with zero attached hydrogens (tertiary/aromatic N) is 2.